The maximum absolute atomic E-state index is 13.5. The molecule has 4 rings (SSSR count). The number of anilines is 1. The molecule has 2 aromatic heterocycles. The number of rotatable bonds is 4. The van der Waals surface area contributed by atoms with Gasteiger partial charge in [0.05, 0.1) is 11.7 Å². The van der Waals surface area contributed by atoms with E-state index in [0.717, 1.165) is 16.7 Å². The summed E-state index contributed by atoms with van der Waals surface area (Å²) < 4.78 is 15.3. The second-order valence-electron chi connectivity index (χ2n) is 5.84. The Hall–Kier alpha value is -3.28. The van der Waals surface area contributed by atoms with Crippen LogP contribution in [0.1, 0.15) is 5.56 Å². The molecule has 0 aliphatic carbocycles. The van der Waals surface area contributed by atoms with Crippen LogP contribution in [0.2, 0.25) is 0 Å². The Kier molecular flexibility index (Phi) is 3.85. The molecule has 0 radical (unpaired) electrons. The van der Waals surface area contributed by atoms with E-state index in [0.29, 0.717) is 23.3 Å². The molecule has 0 atom stereocenters. The Balaban J connectivity index is 1.59. The van der Waals surface area contributed by atoms with Crippen LogP contribution in [0.5, 0.6) is 0 Å². The molecule has 0 saturated heterocycles. The highest BCUT2D eigenvalue weighted by atomic mass is 19.1. The van der Waals surface area contributed by atoms with E-state index in [1.807, 2.05) is 31.6 Å². The summed E-state index contributed by atoms with van der Waals surface area (Å²) in [6, 6.07) is 12.7. The van der Waals surface area contributed by atoms with Crippen molar-refractivity contribution in [3.8, 4) is 11.1 Å². The van der Waals surface area contributed by atoms with Crippen molar-refractivity contribution in [1.82, 2.24) is 19.7 Å². The zero-order valence-corrected chi connectivity index (χ0v) is 13.6. The van der Waals surface area contributed by atoms with Crippen LogP contribution in [0, 0.1) is 5.82 Å². The lowest BCUT2D eigenvalue weighted by molar-refractivity contribution is 0.629. The zero-order valence-electron chi connectivity index (χ0n) is 13.6. The largest absolute Gasteiger partial charge is 0.365 e. The molecule has 0 amide bonds. The van der Waals surface area contributed by atoms with Crippen molar-refractivity contribution in [3.63, 3.8) is 0 Å². The van der Waals surface area contributed by atoms with Crippen molar-refractivity contribution in [2.75, 3.05) is 5.32 Å². The molecule has 0 saturated carbocycles. The number of hydrogen-bond acceptors (Lipinski definition) is 4. The third-order valence-corrected chi connectivity index (χ3v) is 4.02. The molecule has 5 nitrogen and oxygen atoms in total. The second-order valence-corrected chi connectivity index (χ2v) is 5.84. The number of hydrogen-bond donors (Lipinski definition) is 1. The Labute approximate surface area is 144 Å². The summed E-state index contributed by atoms with van der Waals surface area (Å²) in [4.78, 5) is 8.41. The highest BCUT2D eigenvalue weighted by molar-refractivity contribution is 5.88. The van der Waals surface area contributed by atoms with Crippen molar-refractivity contribution in [2.24, 2.45) is 7.05 Å². The lowest BCUT2D eigenvalue weighted by Gasteiger charge is -2.09. The molecule has 4 aromatic rings. The van der Waals surface area contributed by atoms with Crippen molar-refractivity contribution < 1.29 is 4.39 Å². The molecular weight excluding hydrogens is 317 g/mol. The minimum absolute atomic E-state index is 0.302. The highest BCUT2D eigenvalue weighted by Gasteiger charge is 2.06. The summed E-state index contributed by atoms with van der Waals surface area (Å²) in [5, 5.41) is 8.16. The van der Waals surface area contributed by atoms with E-state index in [1.54, 1.807) is 10.7 Å². The first kappa shape index (κ1) is 15.3. The number of aromatic nitrogens is 4. The van der Waals surface area contributed by atoms with Crippen LogP contribution in [0.25, 0.3) is 22.0 Å². The molecule has 25 heavy (non-hydrogen) atoms. The number of halogens is 1. The van der Waals surface area contributed by atoms with Crippen LogP contribution >= 0.6 is 0 Å². The highest BCUT2D eigenvalue weighted by Crippen LogP contribution is 2.22. The molecule has 0 aliphatic heterocycles. The molecule has 1 N–H and O–H groups in total. The maximum Gasteiger partial charge on any atom is 0.137 e. The van der Waals surface area contributed by atoms with Gasteiger partial charge >= 0.3 is 0 Å². The average Bonchev–Trinajstić information content (AvgIpc) is 3.07. The van der Waals surface area contributed by atoms with Crippen molar-refractivity contribution in [2.45, 2.75) is 6.54 Å². The quantitative estimate of drug-likeness (QED) is 0.617. The molecular formula is C19H16FN5. The van der Waals surface area contributed by atoms with Gasteiger partial charge in [-0.3, -0.25) is 4.68 Å². The van der Waals surface area contributed by atoms with Gasteiger partial charge in [0.15, 0.2) is 0 Å². The average molecular weight is 333 g/mol. The van der Waals surface area contributed by atoms with E-state index in [-0.39, 0.29) is 5.82 Å². The molecule has 0 aliphatic rings. The van der Waals surface area contributed by atoms with Crippen molar-refractivity contribution >= 4 is 16.7 Å². The topological polar surface area (TPSA) is 55.6 Å². The van der Waals surface area contributed by atoms with Gasteiger partial charge < -0.3 is 5.32 Å². The van der Waals surface area contributed by atoms with Gasteiger partial charge in [-0.05, 0) is 35.4 Å². The summed E-state index contributed by atoms with van der Waals surface area (Å²) in [6.45, 7) is 0.580. The lowest BCUT2D eigenvalue weighted by Crippen LogP contribution is -2.03. The van der Waals surface area contributed by atoms with Gasteiger partial charge in [0.25, 0.3) is 0 Å². The molecule has 2 heterocycles. The van der Waals surface area contributed by atoms with E-state index in [9.17, 15) is 4.39 Å². The van der Waals surface area contributed by atoms with Gasteiger partial charge in [0.2, 0.25) is 0 Å². The fourth-order valence-electron chi connectivity index (χ4n) is 2.79. The van der Waals surface area contributed by atoms with Crippen LogP contribution in [0.4, 0.5) is 10.2 Å². The van der Waals surface area contributed by atoms with E-state index in [2.05, 4.69) is 32.5 Å². The summed E-state index contributed by atoms with van der Waals surface area (Å²) in [7, 11) is 1.90. The first-order chi connectivity index (χ1) is 12.2. The van der Waals surface area contributed by atoms with E-state index < -0.39 is 0 Å². The van der Waals surface area contributed by atoms with Crippen molar-refractivity contribution in [1.29, 1.82) is 0 Å². The third-order valence-electron chi connectivity index (χ3n) is 4.02. The Morgan fingerprint density at radius 3 is 2.84 bits per heavy atom. The molecule has 0 unspecified atom stereocenters. The van der Waals surface area contributed by atoms with Gasteiger partial charge in [-0.15, -0.1) is 0 Å². The SMILES string of the molecule is Cn1cc(-c2cccc(CNc3ncnc4ccc(F)cc34)c2)cn1. The van der Waals surface area contributed by atoms with Crippen LogP contribution in [-0.2, 0) is 13.6 Å². The number of nitrogens with zero attached hydrogens (tertiary/aromatic N) is 4. The number of benzene rings is 2. The fraction of sp³-hybridized carbons (Fsp3) is 0.105. The molecule has 2 aromatic carbocycles. The number of fused-ring (bicyclic) bond motifs is 1. The normalized spacial score (nSPS) is 11.0. The monoisotopic (exact) mass is 333 g/mol. The summed E-state index contributed by atoms with van der Waals surface area (Å²) >= 11 is 0. The number of aryl methyl sites for hydroxylation is 1. The van der Waals surface area contributed by atoms with Crippen LogP contribution in [-0.4, -0.2) is 19.7 Å². The van der Waals surface area contributed by atoms with Crippen LogP contribution in [0.3, 0.4) is 0 Å². The van der Waals surface area contributed by atoms with E-state index in [4.69, 9.17) is 0 Å². The maximum atomic E-state index is 13.5. The van der Waals surface area contributed by atoms with Gasteiger partial charge in [-0.1, -0.05) is 18.2 Å². The van der Waals surface area contributed by atoms with Gasteiger partial charge in [-0.25, -0.2) is 14.4 Å². The first-order valence-electron chi connectivity index (χ1n) is 7.91. The smallest absolute Gasteiger partial charge is 0.137 e. The molecule has 0 fully saturated rings. The van der Waals surface area contributed by atoms with E-state index >= 15 is 0 Å². The van der Waals surface area contributed by atoms with Gasteiger partial charge in [0.1, 0.15) is 18.0 Å². The lowest BCUT2D eigenvalue weighted by atomic mass is 10.1. The standard InChI is InChI=1S/C19H16FN5/c1-25-11-15(10-24-25)14-4-2-3-13(7-14)9-21-19-17-8-16(20)5-6-18(17)22-12-23-19/h2-8,10-12H,9H2,1H3,(H,21,22,23). The van der Waals surface area contributed by atoms with Crippen LogP contribution < -0.4 is 5.32 Å². The number of nitrogens with one attached hydrogen (secondary N) is 1. The zero-order chi connectivity index (χ0) is 17.2. The summed E-state index contributed by atoms with van der Waals surface area (Å²) in [6.07, 6.45) is 5.30. The predicted octanol–water partition coefficient (Wildman–Crippen LogP) is 3.78. The van der Waals surface area contributed by atoms with Gasteiger partial charge in [-0.2, -0.15) is 5.10 Å². The first-order valence-corrected chi connectivity index (χ1v) is 7.91. The summed E-state index contributed by atoms with van der Waals surface area (Å²) in [5.74, 6) is 0.320. The predicted molar refractivity (Wildman–Crippen MR) is 95.5 cm³/mol. The third kappa shape index (κ3) is 3.19. The molecule has 0 spiro atoms. The van der Waals surface area contributed by atoms with E-state index in [1.165, 1.54) is 18.5 Å². The Bertz CT molecular complexity index is 1040. The Morgan fingerprint density at radius 1 is 1.08 bits per heavy atom. The minimum Gasteiger partial charge on any atom is -0.365 e. The Morgan fingerprint density at radius 2 is 2.00 bits per heavy atom. The molecule has 6 heteroatoms. The van der Waals surface area contributed by atoms with Crippen LogP contribution in [0.15, 0.2) is 61.2 Å². The van der Waals surface area contributed by atoms with Gasteiger partial charge in [0, 0.05) is 30.7 Å². The molecule has 124 valence electrons. The second kappa shape index (κ2) is 6.32. The summed E-state index contributed by atoms with van der Waals surface area (Å²) in [5.41, 5.74) is 3.98. The fourth-order valence-corrected chi connectivity index (χ4v) is 2.79. The molecule has 0 bridgehead atoms. The van der Waals surface area contributed by atoms with Crippen molar-refractivity contribution in [3.05, 3.63) is 72.6 Å². The minimum atomic E-state index is -0.302.